The molecule has 0 unspecified atom stereocenters. The van der Waals surface area contributed by atoms with E-state index in [9.17, 15) is 9.59 Å². The van der Waals surface area contributed by atoms with Gasteiger partial charge in [0.1, 0.15) is 0 Å². The molecular weight excluding hydrogens is 194 g/mol. The molecule has 0 bridgehead atoms. The SMILES string of the molecule is NCCCN1CC[C@H]2C(=O)NC(=O)[C@@H]2C1. The van der Waals surface area contributed by atoms with Gasteiger partial charge in [-0.2, -0.15) is 0 Å². The van der Waals surface area contributed by atoms with E-state index in [4.69, 9.17) is 5.73 Å². The molecule has 5 nitrogen and oxygen atoms in total. The number of nitrogens with two attached hydrogens (primary N) is 1. The van der Waals surface area contributed by atoms with Crippen molar-refractivity contribution in [2.75, 3.05) is 26.2 Å². The van der Waals surface area contributed by atoms with E-state index in [1.54, 1.807) is 0 Å². The molecule has 84 valence electrons. The maximum atomic E-state index is 11.5. The first-order valence-electron chi connectivity index (χ1n) is 5.49. The fraction of sp³-hybridized carbons (Fsp3) is 0.800. The minimum Gasteiger partial charge on any atom is -0.330 e. The van der Waals surface area contributed by atoms with Crippen LogP contribution in [0.2, 0.25) is 0 Å². The zero-order valence-electron chi connectivity index (χ0n) is 8.74. The predicted molar refractivity (Wildman–Crippen MR) is 54.9 cm³/mol. The number of likely N-dealkylation sites (tertiary alicyclic amines) is 1. The molecule has 2 atom stereocenters. The molecule has 2 fully saturated rings. The topological polar surface area (TPSA) is 75.4 Å². The fourth-order valence-electron chi connectivity index (χ4n) is 2.42. The largest absolute Gasteiger partial charge is 0.330 e. The number of hydrogen-bond donors (Lipinski definition) is 2. The lowest BCUT2D eigenvalue weighted by Gasteiger charge is -2.32. The second-order valence-electron chi connectivity index (χ2n) is 4.30. The quantitative estimate of drug-likeness (QED) is 0.583. The highest BCUT2D eigenvalue weighted by atomic mass is 16.2. The van der Waals surface area contributed by atoms with Crippen LogP contribution in [0.5, 0.6) is 0 Å². The van der Waals surface area contributed by atoms with Crippen molar-refractivity contribution in [3.8, 4) is 0 Å². The molecule has 2 heterocycles. The van der Waals surface area contributed by atoms with Crippen molar-refractivity contribution in [3.63, 3.8) is 0 Å². The zero-order valence-corrected chi connectivity index (χ0v) is 8.74. The summed E-state index contributed by atoms with van der Waals surface area (Å²) < 4.78 is 0. The van der Waals surface area contributed by atoms with Gasteiger partial charge in [0.25, 0.3) is 0 Å². The van der Waals surface area contributed by atoms with Gasteiger partial charge in [-0.1, -0.05) is 0 Å². The van der Waals surface area contributed by atoms with Gasteiger partial charge in [-0.25, -0.2) is 0 Å². The Morgan fingerprint density at radius 3 is 2.80 bits per heavy atom. The van der Waals surface area contributed by atoms with E-state index in [-0.39, 0.29) is 23.7 Å². The second kappa shape index (κ2) is 4.28. The lowest BCUT2D eigenvalue weighted by atomic mass is 9.88. The van der Waals surface area contributed by atoms with Crippen LogP contribution in [0.4, 0.5) is 0 Å². The van der Waals surface area contributed by atoms with Crippen LogP contribution in [-0.2, 0) is 9.59 Å². The monoisotopic (exact) mass is 211 g/mol. The van der Waals surface area contributed by atoms with Gasteiger partial charge in [-0.05, 0) is 32.5 Å². The van der Waals surface area contributed by atoms with Crippen molar-refractivity contribution < 1.29 is 9.59 Å². The summed E-state index contributed by atoms with van der Waals surface area (Å²) in [5, 5.41) is 2.41. The van der Waals surface area contributed by atoms with Crippen molar-refractivity contribution in [1.29, 1.82) is 0 Å². The third-order valence-corrected chi connectivity index (χ3v) is 3.30. The Balaban J connectivity index is 1.93. The van der Waals surface area contributed by atoms with Gasteiger partial charge < -0.3 is 10.6 Å². The number of imide groups is 1. The lowest BCUT2D eigenvalue weighted by Crippen LogP contribution is -2.42. The number of carbonyl (C=O) groups excluding carboxylic acids is 2. The smallest absolute Gasteiger partial charge is 0.231 e. The molecule has 3 N–H and O–H groups in total. The molecule has 2 amide bonds. The summed E-state index contributed by atoms with van der Waals surface area (Å²) in [6.07, 6.45) is 1.75. The molecule has 0 aliphatic carbocycles. The standard InChI is InChI=1S/C10H17N3O2/c11-3-1-4-13-5-2-7-8(6-13)10(15)12-9(7)14/h7-8H,1-6,11H2,(H,12,14,15)/t7-,8-/m1/s1. The van der Waals surface area contributed by atoms with E-state index in [1.807, 2.05) is 0 Å². The number of piperidine rings is 1. The average Bonchev–Trinajstić information content (AvgIpc) is 2.52. The Kier molecular flexibility index (Phi) is 3.02. The first kappa shape index (κ1) is 10.6. The van der Waals surface area contributed by atoms with Crippen LogP contribution in [-0.4, -0.2) is 42.9 Å². The van der Waals surface area contributed by atoms with Gasteiger partial charge in [0, 0.05) is 6.54 Å². The number of amides is 2. The van der Waals surface area contributed by atoms with Crippen molar-refractivity contribution in [1.82, 2.24) is 10.2 Å². The van der Waals surface area contributed by atoms with Crippen LogP contribution in [0.1, 0.15) is 12.8 Å². The number of rotatable bonds is 3. The molecule has 0 saturated carbocycles. The second-order valence-corrected chi connectivity index (χ2v) is 4.30. The van der Waals surface area contributed by atoms with E-state index >= 15 is 0 Å². The Labute approximate surface area is 89.0 Å². The highest BCUT2D eigenvalue weighted by Gasteiger charge is 2.44. The molecular formula is C10H17N3O2. The minimum absolute atomic E-state index is 0.0772. The van der Waals surface area contributed by atoms with E-state index in [2.05, 4.69) is 10.2 Å². The summed E-state index contributed by atoms with van der Waals surface area (Å²) >= 11 is 0. The Morgan fingerprint density at radius 2 is 2.07 bits per heavy atom. The summed E-state index contributed by atoms with van der Waals surface area (Å²) in [6.45, 7) is 3.22. The van der Waals surface area contributed by atoms with Gasteiger partial charge in [0.05, 0.1) is 11.8 Å². The van der Waals surface area contributed by atoms with Gasteiger partial charge in [0.2, 0.25) is 11.8 Å². The predicted octanol–water partition coefficient (Wildman–Crippen LogP) is -1.07. The van der Waals surface area contributed by atoms with E-state index < -0.39 is 0 Å². The Morgan fingerprint density at radius 1 is 1.33 bits per heavy atom. The van der Waals surface area contributed by atoms with Gasteiger partial charge in [0.15, 0.2) is 0 Å². The fourth-order valence-corrected chi connectivity index (χ4v) is 2.42. The number of carbonyl (C=O) groups is 2. The molecule has 0 aromatic rings. The Bertz CT molecular complexity index is 280. The van der Waals surface area contributed by atoms with Gasteiger partial charge in [-0.3, -0.25) is 14.9 Å². The van der Waals surface area contributed by atoms with Crippen LogP contribution >= 0.6 is 0 Å². The van der Waals surface area contributed by atoms with Crippen LogP contribution in [0, 0.1) is 11.8 Å². The molecule has 2 saturated heterocycles. The molecule has 2 aliphatic heterocycles. The first-order chi connectivity index (χ1) is 7.22. The van der Waals surface area contributed by atoms with Crippen LogP contribution in [0.25, 0.3) is 0 Å². The lowest BCUT2D eigenvalue weighted by molar-refractivity contribution is -0.126. The number of nitrogens with one attached hydrogen (secondary N) is 1. The normalized spacial score (nSPS) is 31.5. The van der Waals surface area contributed by atoms with Crippen molar-refractivity contribution in [3.05, 3.63) is 0 Å². The maximum absolute atomic E-state index is 11.5. The van der Waals surface area contributed by atoms with Crippen LogP contribution in [0.3, 0.4) is 0 Å². The van der Waals surface area contributed by atoms with E-state index in [1.165, 1.54) is 0 Å². The molecule has 0 aromatic heterocycles. The number of fused-ring (bicyclic) bond motifs is 1. The van der Waals surface area contributed by atoms with Crippen molar-refractivity contribution in [2.24, 2.45) is 17.6 Å². The summed E-state index contributed by atoms with van der Waals surface area (Å²) in [5.74, 6) is -0.374. The van der Waals surface area contributed by atoms with Crippen molar-refractivity contribution in [2.45, 2.75) is 12.8 Å². The third kappa shape index (κ3) is 2.03. The summed E-state index contributed by atoms with van der Waals surface area (Å²) in [4.78, 5) is 25.1. The highest BCUT2D eigenvalue weighted by Crippen LogP contribution is 2.28. The summed E-state index contributed by atoms with van der Waals surface area (Å²) in [6, 6.07) is 0. The van der Waals surface area contributed by atoms with Crippen LogP contribution in [0.15, 0.2) is 0 Å². The molecule has 2 rings (SSSR count). The molecule has 15 heavy (non-hydrogen) atoms. The highest BCUT2D eigenvalue weighted by molar-refractivity contribution is 6.05. The molecule has 0 aromatic carbocycles. The number of nitrogens with zero attached hydrogens (tertiary/aromatic N) is 1. The van der Waals surface area contributed by atoms with E-state index in [0.29, 0.717) is 13.1 Å². The molecule has 0 spiro atoms. The minimum atomic E-state index is -0.121. The molecule has 5 heteroatoms. The zero-order chi connectivity index (χ0) is 10.8. The van der Waals surface area contributed by atoms with Gasteiger partial charge in [-0.15, -0.1) is 0 Å². The molecule has 2 aliphatic rings. The Hall–Kier alpha value is -0.940. The van der Waals surface area contributed by atoms with Crippen LogP contribution < -0.4 is 11.1 Å². The first-order valence-corrected chi connectivity index (χ1v) is 5.49. The number of hydrogen-bond acceptors (Lipinski definition) is 4. The average molecular weight is 211 g/mol. The third-order valence-electron chi connectivity index (χ3n) is 3.30. The molecule has 0 radical (unpaired) electrons. The maximum Gasteiger partial charge on any atom is 0.231 e. The van der Waals surface area contributed by atoms with Crippen molar-refractivity contribution >= 4 is 11.8 Å². The van der Waals surface area contributed by atoms with Gasteiger partial charge >= 0.3 is 0 Å². The van der Waals surface area contributed by atoms with E-state index in [0.717, 1.165) is 25.9 Å². The summed E-state index contributed by atoms with van der Waals surface area (Å²) in [7, 11) is 0. The summed E-state index contributed by atoms with van der Waals surface area (Å²) in [5.41, 5.74) is 5.44.